The lowest BCUT2D eigenvalue weighted by Crippen LogP contribution is -2.35. The lowest BCUT2D eigenvalue weighted by Gasteiger charge is -2.24. The van der Waals surface area contributed by atoms with Crippen LogP contribution in [0.5, 0.6) is 0 Å². The van der Waals surface area contributed by atoms with Gasteiger partial charge in [0.1, 0.15) is 10.6 Å². The van der Waals surface area contributed by atoms with Crippen LogP contribution in [0.4, 0.5) is 5.69 Å². The molecule has 2 aromatic carbocycles. The Kier molecular flexibility index (Phi) is 6.05. The quantitative estimate of drug-likeness (QED) is 0.655. The van der Waals surface area contributed by atoms with Gasteiger partial charge in [-0.15, -0.1) is 0 Å². The number of imide groups is 1. The number of nitrogens with zero attached hydrogens (tertiary/aromatic N) is 2. The van der Waals surface area contributed by atoms with Crippen LogP contribution in [0, 0.1) is 0 Å². The third kappa shape index (κ3) is 4.10. The van der Waals surface area contributed by atoms with Crippen molar-refractivity contribution in [3.8, 4) is 0 Å². The molecule has 0 radical (unpaired) electrons. The number of hydrogen-bond donors (Lipinski definition) is 0. The zero-order chi connectivity index (χ0) is 20.2. The normalized spacial score (nSPS) is 17.8. The van der Waals surface area contributed by atoms with Gasteiger partial charge in [-0.1, -0.05) is 61.9 Å². The zero-order valence-electron chi connectivity index (χ0n) is 16.8. The molecular formula is C24H26N2O2S. The molecule has 0 bridgehead atoms. The van der Waals surface area contributed by atoms with Crippen molar-refractivity contribution in [1.82, 2.24) is 4.90 Å². The average Bonchev–Trinajstić information content (AvgIpc) is 2.93. The van der Waals surface area contributed by atoms with Crippen LogP contribution in [0.2, 0.25) is 0 Å². The number of likely N-dealkylation sites (tertiary alicyclic amines) is 1. The van der Waals surface area contributed by atoms with Gasteiger partial charge < -0.3 is 4.90 Å². The highest BCUT2D eigenvalue weighted by Gasteiger charge is 2.42. The third-order valence-corrected chi connectivity index (χ3v) is 6.59. The molecule has 1 saturated heterocycles. The van der Waals surface area contributed by atoms with Crippen molar-refractivity contribution in [3.05, 3.63) is 70.8 Å². The maximum Gasteiger partial charge on any atom is 0.283 e. The molecule has 2 aliphatic rings. The van der Waals surface area contributed by atoms with E-state index in [1.54, 1.807) is 0 Å². The number of anilines is 1. The molecule has 0 saturated carbocycles. The van der Waals surface area contributed by atoms with Gasteiger partial charge in [0.2, 0.25) is 0 Å². The first kappa shape index (κ1) is 19.8. The highest BCUT2D eigenvalue weighted by Crippen LogP contribution is 2.39. The molecule has 2 amide bonds. The van der Waals surface area contributed by atoms with E-state index in [1.165, 1.54) is 35.1 Å². The van der Waals surface area contributed by atoms with Crippen molar-refractivity contribution in [2.24, 2.45) is 0 Å². The summed E-state index contributed by atoms with van der Waals surface area (Å²) in [6.45, 7) is 3.75. The molecule has 4 rings (SSSR count). The number of aryl methyl sites for hydroxylation is 1. The Hall–Kier alpha value is -2.53. The van der Waals surface area contributed by atoms with Gasteiger partial charge in [-0.2, -0.15) is 0 Å². The fourth-order valence-electron chi connectivity index (χ4n) is 3.88. The smallest absolute Gasteiger partial charge is 0.283 e. The number of thioether (sulfide) groups is 1. The molecule has 29 heavy (non-hydrogen) atoms. The Bertz CT molecular complexity index is 914. The van der Waals surface area contributed by atoms with Gasteiger partial charge >= 0.3 is 0 Å². The molecule has 150 valence electrons. The van der Waals surface area contributed by atoms with Crippen LogP contribution >= 0.6 is 11.8 Å². The predicted molar refractivity (Wildman–Crippen MR) is 118 cm³/mol. The molecule has 1 fully saturated rings. The second-order valence-electron chi connectivity index (χ2n) is 7.46. The SMILES string of the molecule is CCc1ccc(N2C(=O)C(Sc3ccccc3)=C(N3CCCCCC3)C2=O)cc1. The van der Waals surface area contributed by atoms with E-state index >= 15 is 0 Å². The fourth-order valence-corrected chi connectivity index (χ4v) is 4.91. The topological polar surface area (TPSA) is 40.6 Å². The molecule has 2 aliphatic heterocycles. The van der Waals surface area contributed by atoms with Crippen molar-refractivity contribution in [2.45, 2.75) is 43.9 Å². The molecule has 2 heterocycles. The molecule has 5 heteroatoms. The lowest BCUT2D eigenvalue weighted by molar-refractivity contribution is -0.121. The monoisotopic (exact) mass is 406 g/mol. The second-order valence-corrected chi connectivity index (χ2v) is 8.54. The fraction of sp³-hybridized carbons (Fsp3) is 0.333. The van der Waals surface area contributed by atoms with Gasteiger partial charge in [0.25, 0.3) is 11.8 Å². The molecule has 4 nitrogen and oxygen atoms in total. The van der Waals surface area contributed by atoms with E-state index in [0.29, 0.717) is 16.3 Å². The Labute approximate surface area is 176 Å². The van der Waals surface area contributed by atoms with E-state index in [-0.39, 0.29) is 11.8 Å². The van der Waals surface area contributed by atoms with Crippen LogP contribution in [0.15, 0.2) is 70.1 Å². The summed E-state index contributed by atoms with van der Waals surface area (Å²) in [5.41, 5.74) is 2.41. The largest absolute Gasteiger partial charge is 0.366 e. The van der Waals surface area contributed by atoms with E-state index in [1.807, 2.05) is 54.6 Å². The third-order valence-electron chi connectivity index (χ3n) is 5.51. The minimum Gasteiger partial charge on any atom is -0.366 e. The Morgan fingerprint density at radius 2 is 1.48 bits per heavy atom. The maximum atomic E-state index is 13.5. The standard InChI is InChI=1S/C24H26N2O2S/c1-2-18-12-14-19(15-13-18)26-23(27)21(25-16-8-3-4-9-17-25)22(24(26)28)29-20-10-6-5-7-11-20/h5-7,10-15H,2-4,8-9,16-17H2,1H3. The van der Waals surface area contributed by atoms with E-state index in [2.05, 4.69) is 11.8 Å². The summed E-state index contributed by atoms with van der Waals surface area (Å²) < 4.78 is 0. The van der Waals surface area contributed by atoms with Gasteiger partial charge in [-0.05, 0) is 49.1 Å². The summed E-state index contributed by atoms with van der Waals surface area (Å²) in [6.07, 6.45) is 5.39. The Balaban J connectivity index is 1.72. The van der Waals surface area contributed by atoms with Crippen LogP contribution in [0.3, 0.4) is 0 Å². The lowest BCUT2D eigenvalue weighted by atomic mass is 10.1. The molecule has 0 N–H and O–H groups in total. The van der Waals surface area contributed by atoms with Gasteiger partial charge in [0, 0.05) is 18.0 Å². The number of carbonyl (C=O) groups is 2. The molecule has 2 aromatic rings. The van der Waals surface area contributed by atoms with Crippen molar-refractivity contribution in [2.75, 3.05) is 18.0 Å². The van der Waals surface area contributed by atoms with Crippen LogP contribution in [-0.2, 0) is 16.0 Å². The minimum absolute atomic E-state index is 0.195. The van der Waals surface area contributed by atoms with Crippen LogP contribution < -0.4 is 4.90 Å². The molecule has 0 spiro atoms. The second kappa shape index (κ2) is 8.87. The van der Waals surface area contributed by atoms with Crippen molar-refractivity contribution >= 4 is 29.3 Å². The Morgan fingerprint density at radius 3 is 2.10 bits per heavy atom. The number of carbonyl (C=O) groups excluding carboxylic acids is 2. The molecule has 0 aliphatic carbocycles. The average molecular weight is 407 g/mol. The maximum absolute atomic E-state index is 13.5. The summed E-state index contributed by atoms with van der Waals surface area (Å²) in [6, 6.07) is 17.6. The van der Waals surface area contributed by atoms with E-state index in [0.717, 1.165) is 37.2 Å². The molecule has 0 atom stereocenters. The number of hydrogen-bond acceptors (Lipinski definition) is 4. The summed E-state index contributed by atoms with van der Waals surface area (Å²) in [5, 5.41) is 0. The summed E-state index contributed by atoms with van der Waals surface area (Å²) in [7, 11) is 0. The first-order valence-corrected chi connectivity index (χ1v) is 11.2. The predicted octanol–water partition coefficient (Wildman–Crippen LogP) is 5.00. The number of rotatable bonds is 5. The van der Waals surface area contributed by atoms with Gasteiger partial charge in [0.05, 0.1) is 5.69 Å². The zero-order valence-corrected chi connectivity index (χ0v) is 17.6. The summed E-state index contributed by atoms with van der Waals surface area (Å²) in [4.78, 5) is 31.9. The van der Waals surface area contributed by atoms with Crippen LogP contribution in [0.1, 0.15) is 38.2 Å². The van der Waals surface area contributed by atoms with Crippen molar-refractivity contribution in [3.63, 3.8) is 0 Å². The first-order chi connectivity index (χ1) is 14.2. The highest BCUT2D eigenvalue weighted by atomic mass is 32.2. The van der Waals surface area contributed by atoms with E-state index < -0.39 is 0 Å². The number of benzene rings is 2. The van der Waals surface area contributed by atoms with E-state index in [4.69, 9.17) is 0 Å². The van der Waals surface area contributed by atoms with Crippen molar-refractivity contribution in [1.29, 1.82) is 0 Å². The van der Waals surface area contributed by atoms with Gasteiger partial charge in [-0.3, -0.25) is 9.59 Å². The first-order valence-electron chi connectivity index (χ1n) is 10.4. The summed E-state index contributed by atoms with van der Waals surface area (Å²) >= 11 is 1.40. The van der Waals surface area contributed by atoms with Gasteiger partial charge in [0.15, 0.2) is 0 Å². The molecule has 0 unspecified atom stereocenters. The summed E-state index contributed by atoms with van der Waals surface area (Å²) in [5.74, 6) is -0.410. The molecule has 0 aromatic heterocycles. The number of amides is 2. The minimum atomic E-state index is -0.215. The van der Waals surface area contributed by atoms with Gasteiger partial charge in [-0.25, -0.2) is 4.90 Å². The van der Waals surface area contributed by atoms with Crippen molar-refractivity contribution < 1.29 is 9.59 Å². The van der Waals surface area contributed by atoms with Crippen LogP contribution in [0.25, 0.3) is 0 Å². The van der Waals surface area contributed by atoms with E-state index in [9.17, 15) is 9.59 Å². The highest BCUT2D eigenvalue weighted by molar-refractivity contribution is 8.04. The Morgan fingerprint density at radius 1 is 0.828 bits per heavy atom. The molecular weight excluding hydrogens is 380 g/mol. The van der Waals surface area contributed by atoms with Crippen LogP contribution in [-0.4, -0.2) is 29.8 Å².